The number of fused-ring (bicyclic) bond motifs is 1. The monoisotopic (exact) mass is 298 g/mol. The smallest absolute Gasteiger partial charge is 0.301 e. The molecule has 0 saturated carbocycles. The van der Waals surface area contributed by atoms with E-state index in [1.165, 1.54) is 11.3 Å². The molecule has 0 radical (unpaired) electrons. The van der Waals surface area contributed by atoms with E-state index in [1.807, 2.05) is 40.6 Å². The van der Waals surface area contributed by atoms with Gasteiger partial charge in [-0.3, -0.25) is 4.79 Å². The lowest BCUT2D eigenvalue weighted by Gasteiger charge is -2.13. The van der Waals surface area contributed by atoms with Gasteiger partial charge in [-0.1, -0.05) is 30.3 Å². The first-order valence-electron chi connectivity index (χ1n) is 7.05. The lowest BCUT2D eigenvalue weighted by atomic mass is 10.1. The molecule has 1 aliphatic heterocycles. The molecule has 2 aromatic heterocycles. The Balaban J connectivity index is 1.91. The average Bonchev–Trinajstić information content (AvgIpc) is 3.18. The SMILES string of the molecule is O=c1nc(N2CCCC2)oc2c(-c3ccccc3)csc12. The van der Waals surface area contributed by atoms with Gasteiger partial charge < -0.3 is 9.32 Å². The van der Waals surface area contributed by atoms with Crippen LogP contribution in [0.5, 0.6) is 0 Å². The zero-order valence-electron chi connectivity index (χ0n) is 11.4. The second-order valence-corrected chi connectivity index (χ2v) is 6.05. The molecule has 0 aliphatic carbocycles. The highest BCUT2D eigenvalue weighted by Crippen LogP contribution is 2.33. The maximum Gasteiger partial charge on any atom is 0.301 e. The summed E-state index contributed by atoms with van der Waals surface area (Å²) in [6.45, 7) is 1.82. The highest BCUT2D eigenvalue weighted by Gasteiger charge is 2.20. The number of benzene rings is 1. The van der Waals surface area contributed by atoms with Crippen molar-refractivity contribution in [2.45, 2.75) is 12.8 Å². The Bertz CT molecular complexity index is 832. The van der Waals surface area contributed by atoms with Crippen LogP contribution in [0.3, 0.4) is 0 Å². The summed E-state index contributed by atoms with van der Waals surface area (Å²) in [6, 6.07) is 10.5. The van der Waals surface area contributed by atoms with E-state index in [1.54, 1.807) is 0 Å². The third kappa shape index (κ3) is 2.14. The molecule has 0 unspecified atom stereocenters. The van der Waals surface area contributed by atoms with Gasteiger partial charge in [-0.15, -0.1) is 11.3 Å². The predicted molar refractivity (Wildman–Crippen MR) is 85.0 cm³/mol. The summed E-state index contributed by atoms with van der Waals surface area (Å²) < 4.78 is 6.57. The summed E-state index contributed by atoms with van der Waals surface area (Å²) in [6.07, 6.45) is 2.25. The molecular formula is C16H14N2O2S. The molecule has 0 bridgehead atoms. The maximum absolute atomic E-state index is 12.2. The van der Waals surface area contributed by atoms with Crippen LogP contribution < -0.4 is 10.5 Å². The van der Waals surface area contributed by atoms with Crippen LogP contribution in [-0.2, 0) is 0 Å². The summed E-state index contributed by atoms with van der Waals surface area (Å²) in [5, 5.41) is 1.97. The van der Waals surface area contributed by atoms with Gasteiger partial charge in [-0.25, -0.2) is 0 Å². The summed E-state index contributed by atoms with van der Waals surface area (Å²) in [7, 11) is 0. The van der Waals surface area contributed by atoms with E-state index in [4.69, 9.17) is 4.42 Å². The van der Waals surface area contributed by atoms with E-state index in [0.717, 1.165) is 37.1 Å². The molecule has 1 saturated heterocycles. The molecule has 5 heteroatoms. The molecule has 0 atom stereocenters. The van der Waals surface area contributed by atoms with Crippen LogP contribution in [0.2, 0.25) is 0 Å². The Morgan fingerprint density at radius 1 is 1.14 bits per heavy atom. The minimum atomic E-state index is -0.190. The molecule has 21 heavy (non-hydrogen) atoms. The van der Waals surface area contributed by atoms with Gasteiger partial charge in [0.15, 0.2) is 5.58 Å². The number of hydrogen-bond acceptors (Lipinski definition) is 5. The number of anilines is 1. The van der Waals surface area contributed by atoms with E-state index in [9.17, 15) is 4.79 Å². The highest BCUT2D eigenvalue weighted by atomic mass is 32.1. The number of rotatable bonds is 2. The fourth-order valence-electron chi connectivity index (χ4n) is 2.71. The van der Waals surface area contributed by atoms with Crippen LogP contribution in [0.15, 0.2) is 44.9 Å². The van der Waals surface area contributed by atoms with Crippen molar-refractivity contribution in [3.05, 3.63) is 46.1 Å². The Labute approximate surface area is 125 Å². The molecule has 3 heterocycles. The standard InChI is InChI=1S/C16H14N2O2S/c19-15-14-13(20-16(17-15)18-8-4-5-9-18)12(10-21-14)11-6-2-1-3-7-11/h1-3,6-7,10H,4-5,8-9H2. The van der Waals surface area contributed by atoms with Crippen LogP contribution in [0.4, 0.5) is 6.01 Å². The second-order valence-electron chi connectivity index (χ2n) is 5.17. The Morgan fingerprint density at radius 2 is 1.90 bits per heavy atom. The van der Waals surface area contributed by atoms with Crippen LogP contribution >= 0.6 is 11.3 Å². The normalized spacial score (nSPS) is 15.0. The van der Waals surface area contributed by atoms with Crippen molar-refractivity contribution >= 4 is 27.6 Å². The van der Waals surface area contributed by atoms with Crippen molar-refractivity contribution in [2.75, 3.05) is 18.0 Å². The largest absolute Gasteiger partial charge is 0.423 e. The van der Waals surface area contributed by atoms with Crippen molar-refractivity contribution in [1.29, 1.82) is 0 Å². The summed E-state index contributed by atoms with van der Waals surface area (Å²) >= 11 is 1.40. The molecular weight excluding hydrogens is 284 g/mol. The summed E-state index contributed by atoms with van der Waals surface area (Å²) in [5.74, 6) is 0. The van der Waals surface area contributed by atoms with E-state index in [0.29, 0.717) is 16.3 Å². The van der Waals surface area contributed by atoms with E-state index < -0.39 is 0 Å². The van der Waals surface area contributed by atoms with Crippen LogP contribution in [0, 0.1) is 0 Å². The Kier molecular flexibility index (Phi) is 3.00. The molecule has 1 fully saturated rings. The molecule has 0 spiro atoms. The maximum atomic E-state index is 12.2. The molecule has 4 rings (SSSR count). The zero-order valence-corrected chi connectivity index (χ0v) is 12.2. The van der Waals surface area contributed by atoms with Gasteiger partial charge in [-0.2, -0.15) is 4.98 Å². The van der Waals surface area contributed by atoms with Crippen LogP contribution in [0.25, 0.3) is 21.4 Å². The lowest BCUT2D eigenvalue weighted by molar-refractivity contribution is 0.564. The first-order valence-corrected chi connectivity index (χ1v) is 7.93. The van der Waals surface area contributed by atoms with Gasteiger partial charge in [0.25, 0.3) is 5.56 Å². The van der Waals surface area contributed by atoms with Crippen molar-refractivity contribution in [3.63, 3.8) is 0 Å². The number of nitrogens with zero attached hydrogens (tertiary/aromatic N) is 2. The quantitative estimate of drug-likeness (QED) is 0.726. The minimum Gasteiger partial charge on any atom is -0.423 e. The molecule has 3 aromatic rings. The number of thiophene rings is 1. The predicted octanol–water partition coefficient (Wildman–Crippen LogP) is 3.52. The van der Waals surface area contributed by atoms with Gasteiger partial charge in [0, 0.05) is 24.0 Å². The van der Waals surface area contributed by atoms with Crippen molar-refractivity contribution in [2.24, 2.45) is 0 Å². The first-order chi connectivity index (χ1) is 10.3. The summed E-state index contributed by atoms with van der Waals surface area (Å²) in [5.41, 5.74) is 2.50. The fourth-order valence-corrected chi connectivity index (χ4v) is 3.59. The molecule has 0 N–H and O–H groups in total. The fraction of sp³-hybridized carbons (Fsp3) is 0.250. The molecule has 106 valence electrons. The van der Waals surface area contributed by atoms with Gasteiger partial charge in [0.1, 0.15) is 4.70 Å². The van der Waals surface area contributed by atoms with E-state index in [-0.39, 0.29) is 5.56 Å². The molecule has 1 aliphatic rings. The minimum absolute atomic E-state index is 0.190. The average molecular weight is 298 g/mol. The van der Waals surface area contributed by atoms with Gasteiger partial charge in [0.05, 0.1) is 0 Å². The van der Waals surface area contributed by atoms with Crippen LogP contribution in [0.1, 0.15) is 12.8 Å². The zero-order chi connectivity index (χ0) is 14.2. The van der Waals surface area contributed by atoms with E-state index >= 15 is 0 Å². The third-order valence-corrected chi connectivity index (χ3v) is 4.74. The lowest BCUT2D eigenvalue weighted by Crippen LogP contribution is -2.21. The Hall–Kier alpha value is -2.14. The number of aromatic nitrogens is 1. The van der Waals surface area contributed by atoms with Crippen molar-refractivity contribution in [3.8, 4) is 11.1 Å². The second kappa shape index (κ2) is 5.00. The Morgan fingerprint density at radius 3 is 2.67 bits per heavy atom. The highest BCUT2D eigenvalue weighted by molar-refractivity contribution is 7.17. The summed E-state index contributed by atoms with van der Waals surface area (Å²) in [4.78, 5) is 18.4. The third-order valence-electron chi connectivity index (χ3n) is 3.79. The number of hydrogen-bond donors (Lipinski definition) is 0. The molecule has 0 amide bonds. The molecule has 1 aromatic carbocycles. The van der Waals surface area contributed by atoms with Crippen molar-refractivity contribution in [1.82, 2.24) is 4.98 Å². The van der Waals surface area contributed by atoms with E-state index in [2.05, 4.69) is 4.98 Å². The van der Waals surface area contributed by atoms with Crippen molar-refractivity contribution < 1.29 is 4.42 Å². The van der Waals surface area contributed by atoms with Gasteiger partial charge in [-0.05, 0) is 18.4 Å². The van der Waals surface area contributed by atoms with Crippen LogP contribution in [-0.4, -0.2) is 18.1 Å². The van der Waals surface area contributed by atoms with Gasteiger partial charge >= 0.3 is 6.01 Å². The van der Waals surface area contributed by atoms with Gasteiger partial charge in [0.2, 0.25) is 0 Å². The topological polar surface area (TPSA) is 46.3 Å². The molecule has 4 nitrogen and oxygen atoms in total. The first kappa shape index (κ1) is 12.6.